The zero-order valence-electron chi connectivity index (χ0n) is 16.3. The van der Waals surface area contributed by atoms with E-state index < -0.39 is 24.8 Å². The number of hydrogen-bond donors (Lipinski definition) is 1. The molecule has 1 aromatic heterocycles. The molecule has 0 aliphatic carbocycles. The molecule has 1 heterocycles. The Morgan fingerprint density at radius 1 is 1.16 bits per heavy atom. The SMILES string of the molecule is CCOC(=O)c1cc2ccccc2nc1CF.Nc1ccc(OC(F)(F)F)cc1C=O. The Kier molecular flexibility index (Phi) is 7.89. The third-order valence-electron chi connectivity index (χ3n) is 3.84. The minimum atomic E-state index is -4.77. The van der Waals surface area contributed by atoms with Crippen molar-refractivity contribution in [2.75, 3.05) is 12.3 Å². The zero-order chi connectivity index (χ0) is 23.0. The lowest BCUT2D eigenvalue weighted by atomic mass is 10.1. The number of anilines is 1. The number of ether oxygens (including phenoxy) is 2. The van der Waals surface area contributed by atoms with Crippen molar-refractivity contribution in [3.05, 3.63) is 65.4 Å². The maximum absolute atomic E-state index is 12.8. The van der Waals surface area contributed by atoms with Crippen molar-refractivity contribution in [2.24, 2.45) is 0 Å². The molecule has 164 valence electrons. The van der Waals surface area contributed by atoms with Crippen LogP contribution in [0.4, 0.5) is 23.2 Å². The van der Waals surface area contributed by atoms with Crippen LogP contribution >= 0.6 is 0 Å². The topological polar surface area (TPSA) is 91.5 Å². The van der Waals surface area contributed by atoms with Crippen molar-refractivity contribution in [3.63, 3.8) is 0 Å². The maximum Gasteiger partial charge on any atom is 0.573 e. The number of carbonyl (C=O) groups excluding carboxylic acids is 2. The van der Waals surface area contributed by atoms with Gasteiger partial charge in [-0.25, -0.2) is 14.2 Å². The molecule has 0 saturated heterocycles. The van der Waals surface area contributed by atoms with Crippen LogP contribution in [0.15, 0.2) is 48.5 Å². The number of halogens is 4. The summed E-state index contributed by atoms with van der Waals surface area (Å²) in [5.74, 6) is -0.993. The van der Waals surface area contributed by atoms with E-state index in [1.165, 1.54) is 6.07 Å². The maximum atomic E-state index is 12.8. The van der Waals surface area contributed by atoms with Gasteiger partial charge in [-0.2, -0.15) is 0 Å². The Bertz CT molecular complexity index is 1070. The summed E-state index contributed by atoms with van der Waals surface area (Å²) in [5.41, 5.74) is 6.37. The fourth-order valence-electron chi connectivity index (χ4n) is 2.50. The third kappa shape index (κ3) is 6.66. The fourth-order valence-corrected chi connectivity index (χ4v) is 2.50. The zero-order valence-corrected chi connectivity index (χ0v) is 16.3. The van der Waals surface area contributed by atoms with Crippen LogP contribution in [-0.2, 0) is 11.4 Å². The molecule has 0 atom stereocenters. The molecule has 31 heavy (non-hydrogen) atoms. The second-order valence-electron chi connectivity index (χ2n) is 5.99. The molecule has 3 rings (SSSR count). The van der Waals surface area contributed by atoms with E-state index in [0.29, 0.717) is 11.8 Å². The minimum absolute atomic E-state index is 0.0354. The normalized spacial score (nSPS) is 10.7. The van der Waals surface area contributed by atoms with E-state index in [2.05, 4.69) is 9.72 Å². The number of pyridine rings is 1. The van der Waals surface area contributed by atoms with Crippen LogP contribution < -0.4 is 10.5 Å². The number of aldehydes is 1. The molecule has 10 heteroatoms. The first-order valence-electron chi connectivity index (χ1n) is 8.90. The second kappa shape index (κ2) is 10.4. The van der Waals surface area contributed by atoms with E-state index in [0.717, 1.165) is 17.5 Å². The predicted molar refractivity (Wildman–Crippen MR) is 105 cm³/mol. The highest BCUT2D eigenvalue weighted by Gasteiger charge is 2.31. The second-order valence-corrected chi connectivity index (χ2v) is 5.99. The Hall–Kier alpha value is -3.69. The first kappa shape index (κ1) is 23.6. The number of alkyl halides is 4. The molecular formula is C21H18F4N2O4. The summed E-state index contributed by atoms with van der Waals surface area (Å²) in [5, 5.41) is 0.799. The Morgan fingerprint density at radius 2 is 1.87 bits per heavy atom. The number of esters is 1. The van der Waals surface area contributed by atoms with Gasteiger partial charge in [0.05, 0.1) is 23.4 Å². The molecule has 2 aromatic carbocycles. The summed E-state index contributed by atoms with van der Waals surface area (Å²) in [6.07, 6.45) is -4.41. The van der Waals surface area contributed by atoms with Gasteiger partial charge < -0.3 is 15.2 Å². The highest BCUT2D eigenvalue weighted by atomic mass is 19.4. The van der Waals surface area contributed by atoms with Gasteiger partial charge in [-0.1, -0.05) is 18.2 Å². The van der Waals surface area contributed by atoms with Gasteiger partial charge in [0.2, 0.25) is 0 Å². The largest absolute Gasteiger partial charge is 0.573 e. The van der Waals surface area contributed by atoms with Crippen LogP contribution in [0, 0.1) is 0 Å². The van der Waals surface area contributed by atoms with Gasteiger partial charge in [0.25, 0.3) is 0 Å². The molecular weight excluding hydrogens is 420 g/mol. The fraction of sp³-hybridized carbons (Fsp3) is 0.190. The van der Waals surface area contributed by atoms with Gasteiger partial charge in [-0.05, 0) is 37.3 Å². The summed E-state index contributed by atoms with van der Waals surface area (Å²) in [4.78, 5) is 26.1. The molecule has 0 bridgehead atoms. The number of benzene rings is 2. The molecule has 0 fully saturated rings. The first-order valence-corrected chi connectivity index (χ1v) is 8.90. The lowest BCUT2D eigenvalue weighted by Crippen LogP contribution is -2.17. The first-order chi connectivity index (χ1) is 14.7. The number of carbonyl (C=O) groups is 2. The van der Waals surface area contributed by atoms with Gasteiger partial charge in [-0.15, -0.1) is 13.2 Å². The van der Waals surface area contributed by atoms with E-state index in [1.807, 2.05) is 18.2 Å². The van der Waals surface area contributed by atoms with Gasteiger partial charge >= 0.3 is 12.3 Å². The number of fused-ring (bicyclic) bond motifs is 1. The summed E-state index contributed by atoms with van der Waals surface area (Å²) >= 11 is 0. The molecule has 0 radical (unpaired) electrons. The van der Waals surface area contributed by atoms with Crippen molar-refractivity contribution in [2.45, 2.75) is 20.0 Å². The smallest absolute Gasteiger partial charge is 0.462 e. The molecule has 0 unspecified atom stereocenters. The summed E-state index contributed by atoms with van der Waals surface area (Å²) in [7, 11) is 0. The van der Waals surface area contributed by atoms with Crippen molar-refractivity contribution in [1.82, 2.24) is 4.98 Å². The average molecular weight is 438 g/mol. The van der Waals surface area contributed by atoms with Gasteiger partial charge in [0.15, 0.2) is 6.29 Å². The highest BCUT2D eigenvalue weighted by molar-refractivity contribution is 5.95. The van der Waals surface area contributed by atoms with E-state index >= 15 is 0 Å². The highest BCUT2D eigenvalue weighted by Crippen LogP contribution is 2.25. The van der Waals surface area contributed by atoms with E-state index in [4.69, 9.17) is 10.5 Å². The number of rotatable bonds is 5. The third-order valence-corrected chi connectivity index (χ3v) is 3.84. The number of para-hydroxylation sites is 1. The van der Waals surface area contributed by atoms with Crippen LogP contribution in [0.1, 0.15) is 33.3 Å². The van der Waals surface area contributed by atoms with Crippen LogP contribution in [0.5, 0.6) is 5.75 Å². The average Bonchev–Trinajstić information content (AvgIpc) is 2.73. The number of nitrogens with zero attached hydrogens (tertiary/aromatic N) is 1. The Morgan fingerprint density at radius 3 is 2.48 bits per heavy atom. The quantitative estimate of drug-likeness (QED) is 0.265. The van der Waals surface area contributed by atoms with Crippen molar-refractivity contribution < 1.29 is 36.6 Å². The summed E-state index contributed by atoms with van der Waals surface area (Å²) < 4.78 is 56.5. The van der Waals surface area contributed by atoms with Crippen LogP contribution in [0.2, 0.25) is 0 Å². The molecule has 0 spiro atoms. The summed E-state index contributed by atoms with van der Waals surface area (Å²) in [6.45, 7) is 1.19. The number of aromatic nitrogens is 1. The van der Waals surface area contributed by atoms with E-state index in [9.17, 15) is 27.2 Å². The molecule has 2 N–H and O–H groups in total. The Labute approximate surface area is 174 Å². The molecule has 0 aliphatic rings. The van der Waals surface area contributed by atoms with E-state index in [-0.39, 0.29) is 29.1 Å². The van der Waals surface area contributed by atoms with Crippen LogP contribution in [0.25, 0.3) is 10.9 Å². The standard InChI is InChI=1S/C13H12FNO2.C8H6F3NO2/c1-2-17-13(16)10-7-9-5-3-4-6-11(9)15-12(10)8-14;9-8(10,11)14-6-1-2-7(12)5(3-6)4-13/h3-7H,2,8H2,1H3;1-4H,12H2. The van der Waals surface area contributed by atoms with Crippen LogP contribution in [0.3, 0.4) is 0 Å². The minimum Gasteiger partial charge on any atom is -0.462 e. The van der Waals surface area contributed by atoms with Crippen molar-refractivity contribution in [1.29, 1.82) is 0 Å². The lowest BCUT2D eigenvalue weighted by molar-refractivity contribution is -0.274. The summed E-state index contributed by atoms with van der Waals surface area (Å²) in [6, 6.07) is 12.0. The monoisotopic (exact) mass is 438 g/mol. The van der Waals surface area contributed by atoms with Gasteiger partial charge in [0.1, 0.15) is 12.4 Å². The molecule has 6 nitrogen and oxygen atoms in total. The van der Waals surface area contributed by atoms with Gasteiger partial charge in [0, 0.05) is 16.6 Å². The number of hydrogen-bond acceptors (Lipinski definition) is 6. The number of nitrogens with two attached hydrogens (primary N) is 1. The molecule has 3 aromatic rings. The van der Waals surface area contributed by atoms with E-state index in [1.54, 1.807) is 19.1 Å². The Balaban J connectivity index is 0.000000225. The molecule has 0 aliphatic heterocycles. The van der Waals surface area contributed by atoms with Crippen molar-refractivity contribution >= 4 is 28.8 Å². The van der Waals surface area contributed by atoms with Gasteiger partial charge in [-0.3, -0.25) is 4.79 Å². The van der Waals surface area contributed by atoms with Crippen LogP contribution in [-0.4, -0.2) is 30.2 Å². The molecule has 0 amide bonds. The molecule has 0 saturated carbocycles. The van der Waals surface area contributed by atoms with Crippen molar-refractivity contribution in [3.8, 4) is 5.75 Å². The number of nitrogen functional groups attached to an aromatic ring is 1. The lowest BCUT2D eigenvalue weighted by Gasteiger charge is -2.09. The predicted octanol–water partition coefficient (Wildman–Crippen LogP) is 4.86.